The Morgan fingerprint density at radius 2 is 1.96 bits per heavy atom. The molecule has 4 nitrogen and oxygen atoms in total. The third-order valence-corrected chi connectivity index (χ3v) is 3.75. The van der Waals surface area contributed by atoms with Crippen molar-refractivity contribution in [1.29, 1.82) is 5.26 Å². The van der Waals surface area contributed by atoms with Crippen molar-refractivity contribution >= 4 is 41.4 Å². The minimum Gasteiger partial charge on any atom is -0.345 e. The second-order valence-corrected chi connectivity index (χ2v) is 5.71. The van der Waals surface area contributed by atoms with E-state index < -0.39 is 5.91 Å². The molecule has 0 bridgehead atoms. The minimum atomic E-state index is -0.398. The van der Waals surface area contributed by atoms with Crippen LogP contribution >= 0.6 is 29.4 Å². The van der Waals surface area contributed by atoms with Gasteiger partial charge in [0.25, 0.3) is 5.91 Å². The van der Waals surface area contributed by atoms with Crippen molar-refractivity contribution in [2.45, 2.75) is 26.8 Å². The number of hydrogen-bond donors (Lipinski definition) is 1. The SMILES string of the molecule is C.CC[C@H](NC(=O)/C(C#N)=C/c1cccc(Br)n1)c1ccccc1.S. The smallest absolute Gasteiger partial charge is 0.262 e. The molecule has 1 atom stereocenters. The van der Waals surface area contributed by atoms with Crippen LogP contribution in [0.25, 0.3) is 6.08 Å². The lowest BCUT2D eigenvalue weighted by Crippen LogP contribution is -2.29. The number of rotatable bonds is 5. The van der Waals surface area contributed by atoms with Gasteiger partial charge in [-0.15, -0.1) is 0 Å². The van der Waals surface area contributed by atoms with E-state index in [9.17, 15) is 10.1 Å². The first-order valence-corrected chi connectivity index (χ1v) is 8.03. The third-order valence-electron chi connectivity index (χ3n) is 3.31. The first-order chi connectivity index (χ1) is 11.1. The van der Waals surface area contributed by atoms with Gasteiger partial charge < -0.3 is 5.32 Å². The van der Waals surface area contributed by atoms with Gasteiger partial charge in [-0.05, 0) is 46.1 Å². The van der Waals surface area contributed by atoms with Gasteiger partial charge in [0, 0.05) is 0 Å². The quantitative estimate of drug-likeness (QED) is 0.431. The Bertz CT molecular complexity index is 757. The highest BCUT2D eigenvalue weighted by Gasteiger charge is 2.16. The molecule has 25 heavy (non-hydrogen) atoms. The van der Waals surface area contributed by atoms with Crippen molar-refractivity contribution < 1.29 is 4.79 Å². The molecule has 0 fully saturated rings. The molecular formula is C19H22BrN3OS. The van der Waals surface area contributed by atoms with Gasteiger partial charge in [0.1, 0.15) is 16.2 Å². The number of carbonyl (C=O) groups excluding carboxylic acids is 1. The Morgan fingerprint density at radius 1 is 1.28 bits per heavy atom. The molecular weight excluding hydrogens is 398 g/mol. The van der Waals surface area contributed by atoms with Crippen LogP contribution in [0.4, 0.5) is 0 Å². The summed E-state index contributed by atoms with van der Waals surface area (Å²) in [6.07, 6.45) is 2.22. The zero-order valence-electron chi connectivity index (χ0n) is 13.2. The van der Waals surface area contributed by atoms with Crippen molar-refractivity contribution in [3.63, 3.8) is 0 Å². The first-order valence-electron chi connectivity index (χ1n) is 7.24. The van der Waals surface area contributed by atoms with Gasteiger partial charge in [0.15, 0.2) is 0 Å². The molecule has 1 amide bonds. The molecule has 1 N–H and O–H groups in total. The van der Waals surface area contributed by atoms with E-state index >= 15 is 0 Å². The van der Waals surface area contributed by atoms with Gasteiger partial charge in [-0.1, -0.05) is 50.7 Å². The summed E-state index contributed by atoms with van der Waals surface area (Å²) in [7, 11) is 0. The number of aromatic nitrogens is 1. The number of nitriles is 1. The van der Waals surface area contributed by atoms with Crippen LogP contribution < -0.4 is 5.32 Å². The van der Waals surface area contributed by atoms with Gasteiger partial charge in [0.05, 0.1) is 11.7 Å². The van der Waals surface area contributed by atoms with Gasteiger partial charge in [-0.25, -0.2) is 4.98 Å². The Balaban J connectivity index is 0.00000288. The molecule has 132 valence electrons. The lowest BCUT2D eigenvalue weighted by Gasteiger charge is -2.17. The fourth-order valence-corrected chi connectivity index (χ4v) is 2.50. The molecule has 1 aromatic heterocycles. The van der Waals surface area contributed by atoms with E-state index in [1.807, 2.05) is 43.3 Å². The zero-order valence-corrected chi connectivity index (χ0v) is 15.7. The van der Waals surface area contributed by atoms with Crippen LogP contribution in [0.1, 0.15) is 38.1 Å². The maximum atomic E-state index is 12.4. The van der Waals surface area contributed by atoms with Gasteiger partial charge in [-0.2, -0.15) is 18.8 Å². The number of pyridine rings is 1. The van der Waals surface area contributed by atoms with Crippen LogP contribution in [-0.2, 0) is 4.79 Å². The number of carbonyl (C=O) groups is 1. The van der Waals surface area contributed by atoms with E-state index in [1.165, 1.54) is 6.08 Å². The summed E-state index contributed by atoms with van der Waals surface area (Å²) in [4.78, 5) is 16.6. The number of nitrogens with one attached hydrogen (secondary N) is 1. The fraction of sp³-hybridized carbons (Fsp3) is 0.211. The predicted molar refractivity (Wildman–Crippen MR) is 110 cm³/mol. The number of nitrogens with zero attached hydrogens (tertiary/aromatic N) is 2. The summed E-state index contributed by atoms with van der Waals surface area (Å²) in [5.41, 5.74) is 1.60. The van der Waals surface area contributed by atoms with Gasteiger partial charge >= 0.3 is 0 Å². The average Bonchev–Trinajstić information content (AvgIpc) is 2.58. The minimum absolute atomic E-state index is 0. The summed E-state index contributed by atoms with van der Waals surface area (Å²) >= 11 is 3.27. The zero-order chi connectivity index (χ0) is 16.7. The molecule has 1 heterocycles. The Morgan fingerprint density at radius 3 is 2.52 bits per heavy atom. The van der Waals surface area contributed by atoms with Crippen molar-refractivity contribution in [2.75, 3.05) is 0 Å². The second kappa shape index (κ2) is 11.5. The highest BCUT2D eigenvalue weighted by Crippen LogP contribution is 2.17. The van der Waals surface area contributed by atoms with Crippen molar-refractivity contribution in [3.8, 4) is 6.07 Å². The molecule has 0 unspecified atom stereocenters. The maximum absolute atomic E-state index is 12.4. The van der Waals surface area contributed by atoms with Crippen molar-refractivity contribution in [1.82, 2.24) is 10.3 Å². The lowest BCUT2D eigenvalue weighted by atomic mass is 10.0. The largest absolute Gasteiger partial charge is 0.345 e. The predicted octanol–water partition coefficient (Wildman–Crippen LogP) is 4.77. The topological polar surface area (TPSA) is 65.8 Å². The summed E-state index contributed by atoms with van der Waals surface area (Å²) in [6, 6.07) is 16.8. The van der Waals surface area contributed by atoms with Crippen LogP contribution in [0.15, 0.2) is 58.7 Å². The Labute approximate surface area is 164 Å². The van der Waals surface area contributed by atoms with Crippen LogP contribution in [0.3, 0.4) is 0 Å². The summed E-state index contributed by atoms with van der Waals surface area (Å²) in [6.45, 7) is 1.99. The molecule has 0 aliphatic heterocycles. The normalized spacial score (nSPS) is 11.3. The Hall–Kier alpha value is -2.10. The number of amides is 1. The second-order valence-electron chi connectivity index (χ2n) is 4.90. The van der Waals surface area contributed by atoms with Gasteiger partial charge in [0.2, 0.25) is 0 Å². The number of halogens is 1. The fourth-order valence-electron chi connectivity index (χ4n) is 2.14. The standard InChI is InChI=1S/C18H16BrN3O.CH4.H2S/c1-2-16(13-7-4-3-5-8-13)22-18(23)14(12-20)11-15-9-6-10-17(19)21-15;;/h3-11,16H,2H2,1H3,(H,22,23);1H4;1H2/b14-11+;;/t16-;;/m0../s1. The molecule has 0 aliphatic rings. The van der Waals surface area contributed by atoms with Crippen LogP contribution in [-0.4, -0.2) is 10.9 Å². The maximum Gasteiger partial charge on any atom is 0.262 e. The third kappa shape index (κ3) is 6.73. The van der Waals surface area contributed by atoms with E-state index in [1.54, 1.807) is 18.2 Å². The van der Waals surface area contributed by atoms with E-state index in [4.69, 9.17) is 0 Å². The van der Waals surface area contributed by atoms with Crippen LogP contribution in [0, 0.1) is 11.3 Å². The molecule has 0 aliphatic carbocycles. The molecule has 0 saturated heterocycles. The summed E-state index contributed by atoms with van der Waals surface area (Å²) < 4.78 is 0.652. The lowest BCUT2D eigenvalue weighted by molar-refractivity contribution is -0.117. The monoisotopic (exact) mass is 419 g/mol. The molecule has 2 rings (SSSR count). The van der Waals surface area contributed by atoms with Crippen molar-refractivity contribution in [2.24, 2.45) is 0 Å². The molecule has 2 aromatic rings. The van der Waals surface area contributed by atoms with Crippen molar-refractivity contribution in [3.05, 3.63) is 70.0 Å². The molecule has 6 heteroatoms. The Kier molecular flexibility index (Phi) is 10.5. The highest BCUT2D eigenvalue weighted by molar-refractivity contribution is 9.10. The number of hydrogen-bond acceptors (Lipinski definition) is 3. The van der Waals surface area contributed by atoms with E-state index in [0.29, 0.717) is 10.3 Å². The molecule has 0 spiro atoms. The molecule has 1 aromatic carbocycles. The molecule has 0 saturated carbocycles. The number of benzene rings is 1. The highest BCUT2D eigenvalue weighted by atomic mass is 79.9. The summed E-state index contributed by atoms with van der Waals surface area (Å²) in [5, 5.41) is 12.2. The van der Waals surface area contributed by atoms with E-state index in [0.717, 1.165) is 12.0 Å². The van der Waals surface area contributed by atoms with E-state index in [2.05, 4.69) is 26.2 Å². The first kappa shape index (κ1) is 22.9. The summed E-state index contributed by atoms with van der Waals surface area (Å²) in [5.74, 6) is -0.398. The van der Waals surface area contributed by atoms with E-state index in [-0.39, 0.29) is 32.5 Å². The molecule has 0 radical (unpaired) electrons. The average molecular weight is 420 g/mol. The van der Waals surface area contributed by atoms with Gasteiger partial charge in [-0.3, -0.25) is 4.79 Å². The van der Waals surface area contributed by atoms with Crippen LogP contribution in [0.2, 0.25) is 0 Å². The van der Waals surface area contributed by atoms with Crippen LogP contribution in [0.5, 0.6) is 0 Å².